The Balaban J connectivity index is 0.000000202. The largest absolute Gasteiger partial charge is 0.314 e. The van der Waals surface area contributed by atoms with E-state index >= 15 is 0 Å². The summed E-state index contributed by atoms with van der Waals surface area (Å²) in [6, 6.07) is 0. The van der Waals surface area contributed by atoms with Crippen LogP contribution in [0.5, 0.6) is 0 Å². The molecule has 0 bridgehead atoms. The summed E-state index contributed by atoms with van der Waals surface area (Å²) in [6.45, 7) is 6.05. The van der Waals surface area contributed by atoms with E-state index in [1.807, 2.05) is 0 Å². The smallest absolute Gasteiger partial charge is 0.208 e. The topological polar surface area (TPSA) is 84.2 Å². The van der Waals surface area contributed by atoms with Crippen molar-refractivity contribution in [2.75, 3.05) is 31.9 Å². The molecule has 1 aliphatic heterocycles. The lowest BCUT2D eigenvalue weighted by molar-refractivity contribution is 0.534. The summed E-state index contributed by atoms with van der Waals surface area (Å²) >= 11 is 0. The second-order valence-electron chi connectivity index (χ2n) is 2.45. The molecule has 1 heterocycles. The van der Waals surface area contributed by atoms with Gasteiger partial charge in [0.2, 0.25) is 10.0 Å². The van der Waals surface area contributed by atoms with Gasteiger partial charge in [0, 0.05) is 26.2 Å². The Morgan fingerprint density at radius 2 is 1.42 bits per heavy atom. The van der Waals surface area contributed by atoms with E-state index in [1.165, 1.54) is 6.92 Å². The Kier molecular flexibility index (Phi) is 6.27. The molecule has 0 saturated carbocycles. The molecule has 0 amide bonds. The van der Waals surface area contributed by atoms with Crippen LogP contribution in [-0.2, 0) is 10.0 Å². The monoisotopic (exact) mass is 195 g/mol. The minimum Gasteiger partial charge on any atom is -0.314 e. The number of hydrogen-bond acceptors (Lipinski definition) is 4. The number of nitrogens with two attached hydrogens (primary N) is 1. The maximum absolute atomic E-state index is 9.78. The van der Waals surface area contributed by atoms with Gasteiger partial charge in [0.1, 0.15) is 0 Å². The van der Waals surface area contributed by atoms with Crippen molar-refractivity contribution in [1.82, 2.24) is 10.6 Å². The summed E-state index contributed by atoms with van der Waals surface area (Å²) in [7, 11) is -3.16. The fourth-order valence-corrected chi connectivity index (χ4v) is 0.604. The molecule has 0 unspecified atom stereocenters. The molecule has 0 atom stereocenters. The van der Waals surface area contributed by atoms with Crippen LogP contribution >= 0.6 is 0 Å². The van der Waals surface area contributed by atoms with E-state index in [9.17, 15) is 8.42 Å². The summed E-state index contributed by atoms with van der Waals surface area (Å²) in [5, 5.41) is 11.0. The van der Waals surface area contributed by atoms with E-state index < -0.39 is 10.0 Å². The third-order valence-electron chi connectivity index (χ3n) is 1.36. The van der Waals surface area contributed by atoms with Gasteiger partial charge in [-0.1, -0.05) is 0 Å². The lowest BCUT2D eigenvalue weighted by Gasteiger charge is -2.11. The molecule has 1 fully saturated rings. The molecule has 6 heteroatoms. The van der Waals surface area contributed by atoms with Gasteiger partial charge < -0.3 is 10.6 Å². The van der Waals surface area contributed by atoms with Crippen LogP contribution in [0.2, 0.25) is 0 Å². The minimum absolute atomic E-state index is 0.0208. The summed E-state index contributed by atoms with van der Waals surface area (Å²) in [5.74, 6) is 0.0208. The highest BCUT2D eigenvalue weighted by molar-refractivity contribution is 7.89. The van der Waals surface area contributed by atoms with Crippen molar-refractivity contribution in [3.8, 4) is 0 Å². The first-order chi connectivity index (χ1) is 5.56. The Labute approximate surface area is 73.8 Å². The molecule has 74 valence electrons. The molecule has 1 aliphatic rings. The van der Waals surface area contributed by atoms with E-state index in [2.05, 4.69) is 15.8 Å². The Morgan fingerprint density at radius 3 is 1.50 bits per heavy atom. The fourth-order valence-electron chi connectivity index (χ4n) is 0.604. The maximum Gasteiger partial charge on any atom is 0.208 e. The van der Waals surface area contributed by atoms with Gasteiger partial charge in [0.05, 0.1) is 5.75 Å². The van der Waals surface area contributed by atoms with E-state index in [0.717, 1.165) is 26.2 Å². The Morgan fingerprint density at radius 1 is 1.17 bits per heavy atom. The second kappa shape index (κ2) is 6.36. The van der Waals surface area contributed by atoms with Gasteiger partial charge >= 0.3 is 0 Å². The van der Waals surface area contributed by atoms with Gasteiger partial charge in [-0.3, -0.25) is 0 Å². The summed E-state index contributed by atoms with van der Waals surface area (Å²) in [4.78, 5) is 0. The van der Waals surface area contributed by atoms with Crippen LogP contribution in [0.3, 0.4) is 0 Å². The van der Waals surface area contributed by atoms with Crippen molar-refractivity contribution in [3.63, 3.8) is 0 Å². The van der Waals surface area contributed by atoms with Gasteiger partial charge in [0.15, 0.2) is 0 Å². The summed E-state index contributed by atoms with van der Waals surface area (Å²) in [6.07, 6.45) is 0. The van der Waals surface area contributed by atoms with Gasteiger partial charge in [-0.05, 0) is 6.92 Å². The van der Waals surface area contributed by atoms with E-state index in [-0.39, 0.29) is 5.75 Å². The number of rotatable bonds is 1. The Hall–Kier alpha value is -0.170. The lowest BCUT2D eigenvalue weighted by atomic mass is 10.4. The predicted octanol–water partition coefficient (Wildman–Crippen LogP) is -1.53. The van der Waals surface area contributed by atoms with Crippen LogP contribution in [0.15, 0.2) is 0 Å². The van der Waals surface area contributed by atoms with Gasteiger partial charge in [-0.15, -0.1) is 0 Å². The average Bonchev–Trinajstić information content (AvgIpc) is 2.07. The third-order valence-corrected chi connectivity index (χ3v) is 2.16. The molecule has 4 N–H and O–H groups in total. The van der Waals surface area contributed by atoms with Crippen molar-refractivity contribution in [2.45, 2.75) is 6.92 Å². The summed E-state index contributed by atoms with van der Waals surface area (Å²) < 4.78 is 19.6. The molecule has 0 radical (unpaired) electrons. The molecule has 12 heavy (non-hydrogen) atoms. The number of piperazine rings is 1. The average molecular weight is 195 g/mol. The first-order valence-electron chi connectivity index (χ1n) is 3.98. The Bertz CT molecular complexity index is 175. The lowest BCUT2D eigenvalue weighted by Crippen LogP contribution is -2.39. The quantitative estimate of drug-likeness (QED) is 0.474. The molecule has 0 aromatic carbocycles. The number of hydrogen-bond donors (Lipinski definition) is 3. The zero-order chi connectivity index (χ0) is 9.45. The van der Waals surface area contributed by atoms with Gasteiger partial charge in [-0.2, -0.15) is 0 Å². The van der Waals surface area contributed by atoms with E-state index in [4.69, 9.17) is 0 Å². The molecular formula is C6H17N3O2S. The summed E-state index contributed by atoms with van der Waals surface area (Å²) in [5.41, 5.74) is 0. The standard InChI is InChI=1S/C4H10N2.C2H7NO2S/c1-2-6-4-3-5-1;1-2-6(3,4)5/h5-6H,1-4H2;2H2,1H3,(H2,3,4,5). The van der Waals surface area contributed by atoms with Crippen LogP contribution in [0.25, 0.3) is 0 Å². The molecule has 1 rings (SSSR count). The highest BCUT2D eigenvalue weighted by Gasteiger charge is 1.91. The van der Waals surface area contributed by atoms with Crippen molar-refractivity contribution >= 4 is 10.0 Å². The van der Waals surface area contributed by atoms with Crippen LogP contribution in [0, 0.1) is 0 Å². The predicted molar refractivity (Wildman–Crippen MR) is 49.4 cm³/mol. The molecule has 0 aliphatic carbocycles. The second-order valence-corrected chi connectivity index (χ2v) is 4.35. The SMILES string of the molecule is C1CNCCN1.CCS(N)(=O)=O. The van der Waals surface area contributed by atoms with Crippen LogP contribution in [0.1, 0.15) is 6.92 Å². The number of primary sulfonamides is 1. The molecule has 0 spiro atoms. The molecule has 5 nitrogen and oxygen atoms in total. The van der Waals surface area contributed by atoms with Gasteiger partial charge in [0.25, 0.3) is 0 Å². The number of nitrogens with one attached hydrogen (secondary N) is 2. The minimum atomic E-state index is -3.16. The van der Waals surface area contributed by atoms with E-state index in [1.54, 1.807) is 0 Å². The fraction of sp³-hybridized carbons (Fsp3) is 1.00. The van der Waals surface area contributed by atoms with Gasteiger partial charge in [-0.25, -0.2) is 13.6 Å². The van der Waals surface area contributed by atoms with Crippen molar-refractivity contribution in [1.29, 1.82) is 0 Å². The molecule has 0 aromatic rings. The van der Waals surface area contributed by atoms with Crippen LogP contribution < -0.4 is 15.8 Å². The molecule has 1 saturated heterocycles. The zero-order valence-electron chi connectivity index (χ0n) is 7.34. The highest BCUT2D eigenvalue weighted by atomic mass is 32.2. The molecular weight excluding hydrogens is 178 g/mol. The first kappa shape index (κ1) is 11.8. The first-order valence-corrected chi connectivity index (χ1v) is 5.69. The van der Waals surface area contributed by atoms with Crippen molar-refractivity contribution in [3.05, 3.63) is 0 Å². The third kappa shape index (κ3) is 9.83. The van der Waals surface area contributed by atoms with Crippen molar-refractivity contribution in [2.24, 2.45) is 5.14 Å². The normalized spacial score (nSPS) is 17.8. The van der Waals surface area contributed by atoms with E-state index in [0.29, 0.717) is 0 Å². The van der Waals surface area contributed by atoms with Crippen LogP contribution in [0.4, 0.5) is 0 Å². The molecule has 0 aromatic heterocycles. The number of sulfonamides is 1. The van der Waals surface area contributed by atoms with Crippen LogP contribution in [-0.4, -0.2) is 40.3 Å². The zero-order valence-corrected chi connectivity index (χ0v) is 8.15. The highest BCUT2D eigenvalue weighted by Crippen LogP contribution is 1.68. The van der Waals surface area contributed by atoms with Crippen molar-refractivity contribution < 1.29 is 8.42 Å². The maximum atomic E-state index is 9.78.